The maximum absolute atomic E-state index is 9.70. The number of nitrogens with zero attached hydrogens (tertiary/aromatic N) is 3. The molecule has 2 aromatic heterocycles. The second kappa shape index (κ2) is 3.70. The third kappa shape index (κ3) is 1.65. The summed E-state index contributed by atoms with van der Waals surface area (Å²) in [5.41, 5.74) is 1.30. The highest BCUT2D eigenvalue weighted by Crippen LogP contribution is 2.26. The maximum Gasteiger partial charge on any atom is 0.296 e. The van der Waals surface area contributed by atoms with E-state index < -0.39 is 0 Å². The van der Waals surface area contributed by atoms with Gasteiger partial charge in [0.25, 0.3) is 6.01 Å². The lowest BCUT2D eigenvalue weighted by Gasteiger charge is -2.12. The molecule has 2 aromatic rings. The predicted molar refractivity (Wildman–Crippen MR) is 59.2 cm³/mol. The second-order valence-corrected chi connectivity index (χ2v) is 3.97. The number of imidazole rings is 1. The van der Waals surface area contributed by atoms with Gasteiger partial charge in [-0.2, -0.15) is 4.98 Å². The Balaban J connectivity index is 2.70. The number of halogens is 1. The Hall–Kier alpha value is -1.29. The Morgan fingerprint density at radius 3 is 3.00 bits per heavy atom. The Labute approximate surface area is 92.5 Å². The van der Waals surface area contributed by atoms with Gasteiger partial charge in [0, 0.05) is 12.2 Å². The molecular weight excluding hydrogens is 214 g/mol. The highest BCUT2D eigenvalue weighted by atomic mass is 35.5. The molecule has 4 nitrogen and oxygen atoms in total. The molecule has 0 spiro atoms. The molecule has 0 bridgehead atoms. The summed E-state index contributed by atoms with van der Waals surface area (Å²) in [6.45, 7) is 4.07. The van der Waals surface area contributed by atoms with Crippen LogP contribution in [-0.4, -0.2) is 19.6 Å². The molecule has 5 heteroatoms. The van der Waals surface area contributed by atoms with Crippen LogP contribution in [0.25, 0.3) is 11.2 Å². The van der Waals surface area contributed by atoms with Crippen molar-refractivity contribution in [2.45, 2.75) is 26.3 Å². The fourth-order valence-corrected chi connectivity index (χ4v) is 1.71. The van der Waals surface area contributed by atoms with Gasteiger partial charge in [0.2, 0.25) is 0 Å². The lowest BCUT2D eigenvalue weighted by atomic mass is 10.2. The number of fused-ring (bicyclic) bond motifs is 1. The number of aromatic nitrogens is 3. The van der Waals surface area contributed by atoms with E-state index in [9.17, 15) is 5.11 Å². The van der Waals surface area contributed by atoms with Crippen LogP contribution in [0.15, 0.2) is 12.3 Å². The van der Waals surface area contributed by atoms with Crippen LogP contribution in [0.4, 0.5) is 0 Å². The van der Waals surface area contributed by atoms with Crippen molar-refractivity contribution in [2.24, 2.45) is 0 Å². The summed E-state index contributed by atoms with van der Waals surface area (Å²) in [6.07, 6.45) is 2.43. The van der Waals surface area contributed by atoms with E-state index in [1.807, 2.05) is 13.8 Å². The Bertz CT molecular complexity index is 495. The monoisotopic (exact) mass is 225 g/mol. The van der Waals surface area contributed by atoms with Crippen LogP contribution in [-0.2, 0) is 0 Å². The van der Waals surface area contributed by atoms with E-state index >= 15 is 0 Å². The summed E-state index contributed by atoms with van der Waals surface area (Å²) in [7, 11) is 0. The van der Waals surface area contributed by atoms with Crippen molar-refractivity contribution in [1.82, 2.24) is 14.5 Å². The molecule has 0 saturated carbocycles. The predicted octanol–water partition coefficient (Wildman–Crippen LogP) is 2.76. The van der Waals surface area contributed by atoms with Gasteiger partial charge in [-0.3, -0.25) is 4.57 Å². The molecule has 15 heavy (non-hydrogen) atoms. The van der Waals surface area contributed by atoms with Gasteiger partial charge >= 0.3 is 0 Å². The first kappa shape index (κ1) is 10.2. The molecule has 80 valence electrons. The van der Waals surface area contributed by atoms with Crippen LogP contribution in [0, 0.1) is 0 Å². The molecule has 0 amide bonds. The van der Waals surface area contributed by atoms with Gasteiger partial charge < -0.3 is 5.11 Å². The zero-order valence-corrected chi connectivity index (χ0v) is 9.36. The third-order valence-electron chi connectivity index (χ3n) is 2.53. The largest absolute Gasteiger partial charge is 0.480 e. The normalized spacial score (nSPS) is 13.3. The fraction of sp³-hybridized carbons (Fsp3) is 0.400. The summed E-state index contributed by atoms with van der Waals surface area (Å²) < 4.78 is 1.74. The first-order chi connectivity index (χ1) is 7.13. The molecule has 1 atom stereocenters. The van der Waals surface area contributed by atoms with Gasteiger partial charge in [0.15, 0.2) is 5.65 Å². The highest BCUT2D eigenvalue weighted by Gasteiger charge is 2.14. The number of hydrogen-bond acceptors (Lipinski definition) is 3. The topological polar surface area (TPSA) is 50.9 Å². The van der Waals surface area contributed by atoms with Gasteiger partial charge in [-0.05, 0) is 19.4 Å². The molecule has 0 aliphatic rings. The highest BCUT2D eigenvalue weighted by molar-refractivity contribution is 6.31. The maximum atomic E-state index is 9.70. The van der Waals surface area contributed by atoms with Crippen molar-refractivity contribution in [3.8, 4) is 6.01 Å². The van der Waals surface area contributed by atoms with Crippen molar-refractivity contribution < 1.29 is 5.11 Å². The first-order valence-corrected chi connectivity index (χ1v) is 5.23. The van der Waals surface area contributed by atoms with Crippen LogP contribution in [0.2, 0.25) is 5.02 Å². The smallest absolute Gasteiger partial charge is 0.296 e. The summed E-state index contributed by atoms with van der Waals surface area (Å²) >= 11 is 5.86. The SMILES string of the molecule is CCC(C)n1c(O)nc2ncc(Cl)cc21. The zero-order chi connectivity index (χ0) is 11.0. The third-order valence-corrected chi connectivity index (χ3v) is 2.73. The Morgan fingerprint density at radius 2 is 2.33 bits per heavy atom. The lowest BCUT2D eigenvalue weighted by Crippen LogP contribution is -2.02. The summed E-state index contributed by atoms with van der Waals surface area (Å²) in [5, 5.41) is 10.2. The minimum absolute atomic E-state index is 0.00545. The standard InChI is InChI=1S/C10H12ClN3O/c1-3-6(2)14-8-4-7(11)5-12-9(8)13-10(14)15/h4-6H,3H2,1-2H3,(H,12,13,15). The number of hydrogen-bond donors (Lipinski definition) is 1. The Morgan fingerprint density at radius 1 is 1.60 bits per heavy atom. The molecule has 0 fully saturated rings. The van der Waals surface area contributed by atoms with E-state index in [0.717, 1.165) is 11.9 Å². The van der Waals surface area contributed by atoms with E-state index in [0.29, 0.717) is 10.7 Å². The van der Waals surface area contributed by atoms with Crippen molar-refractivity contribution in [3.05, 3.63) is 17.3 Å². The summed E-state index contributed by atoms with van der Waals surface area (Å²) in [6, 6.07) is 1.94. The molecule has 0 aromatic carbocycles. The van der Waals surface area contributed by atoms with Gasteiger partial charge in [-0.25, -0.2) is 4.98 Å². The minimum Gasteiger partial charge on any atom is -0.480 e. The van der Waals surface area contributed by atoms with Crippen molar-refractivity contribution in [2.75, 3.05) is 0 Å². The molecule has 0 aliphatic carbocycles. The zero-order valence-electron chi connectivity index (χ0n) is 8.61. The van der Waals surface area contributed by atoms with E-state index in [1.165, 1.54) is 6.20 Å². The molecule has 1 N–H and O–H groups in total. The van der Waals surface area contributed by atoms with Crippen LogP contribution in [0.5, 0.6) is 6.01 Å². The van der Waals surface area contributed by atoms with Crippen LogP contribution in [0.1, 0.15) is 26.3 Å². The first-order valence-electron chi connectivity index (χ1n) is 4.86. The molecule has 0 saturated heterocycles. The van der Waals surface area contributed by atoms with Gasteiger partial charge in [-0.15, -0.1) is 0 Å². The average Bonchev–Trinajstić information content (AvgIpc) is 2.52. The van der Waals surface area contributed by atoms with E-state index in [1.54, 1.807) is 10.6 Å². The van der Waals surface area contributed by atoms with Gasteiger partial charge in [0.1, 0.15) is 0 Å². The molecule has 1 unspecified atom stereocenters. The van der Waals surface area contributed by atoms with Crippen LogP contribution >= 0.6 is 11.6 Å². The van der Waals surface area contributed by atoms with Crippen molar-refractivity contribution in [1.29, 1.82) is 0 Å². The second-order valence-electron chi connectivity index (χ2n) is 3.54. The quantitative estimate of drug-likeness (QED) is 0.855. The van der Waals surface area contributed by atoms with Crippen LogP contribution < -0.4 is 0 Å². The summed E-state index contributed by atoms with van der Waals surface area (Å²) in [4.78, 5) is 8.03. The molecule has 2 heterocycles. The van der Waals surface area contributed by atoms with Crippen LogP contribution in [0.3, 0.4) is 0 Å². The Kier molecular flexibility index (Phi) is 2.52. The summed E-state index contributed by atoms with van der Waals surface area (Å²) in [5.74, 6) is 0. The number of aromatic hydroxyl groups is 1. The number of rotatable bonds is 2. The number of pyridine rings is 1. The molecule has 0 radical (unpaired) electrons. The van der Waals surface area contributed by atoms with Gasteiger partial charge in [0.05, 0.1) is 10.5 Å². The molecular formula is C10H12ClN3O. The van der Waals surface area contributed by atoms with Crippen molar-refractivity contribution in [3.63, 3.8) is 0 Å². The average molecular weight is 226 g/mol. The van der Waals surface area contributed by atoms with E-state index in [-0.39, 0.29) is 12.1 Å². The van der Waals surface area contributed by atoms with E-state index in [4.69, 9.17) is 11.6 Å². The fourth-order valence-electron chi connectivity index (χ4n) is 1.56. The lowest BCUT2D eigenvalue weighted by molar-refractivity contribution is 0.377. The molecule has 0 aliphatic heterocycles. The minimum atomic E-state index is -0.00545. The van der Waals surface area contributed by atoms with Gasteiger partial charge in [-0.1, -0.05) is 18.5 Å². The molecule has 2 rings (SSSR count). The van der Waals surface area contributed by atoms with Crippen molar-refractivity contribution >= 4 is 22.8 Å². The van der Waals surface area contributed by atoms with E-state index in [2.05, 4.69) is 9.97 Å².